The van der Waals surface area contributed by atoms with Gasteiger partial charge in [0, 0.05) is 57.2 Å². The van der Waals surface area contributed by atoms with Crippen LogP contribution in [0.4, 0.5) is 16.2 Å². The number of amides is 3. The fraction of sp³-hybridized carbons (Fsp3) is 0.481. The van der Waals surface area contributed by atoms with E-state index in [1.165, 1.54) is 0 Å². The van der Waals surface area contributed by atoms with Gasteiger partial charge >= 0.3 is 6.03 Å². The summed E-state index contributed by atoms with van der Waals surface area (Å²) in [4.78, 5) is 30.3. The minimum absolute atomic E-state index is 0.111. The first-order valence-corrected chi connectivity index (χ1v) is 12.6. The number of ether oxygens (including phenoxy) is 1. The number of hydrogen-bond donors (Lipinski definition) is 3. The van der Waals surface area contributed by atoms with E-state index in [-0.39, 0.29) is 11.9 Å². The maximum absolute atomic E-state index is 13.3. The van der Waals surface area contributed by atoms with Crippen LogP contribution in [0.1, 0.15) is 35.7 Å². The van der Waals surface area contributed by atoms with Gasteiger partial charge in [0.2, 0.25) is 0 Å². The molecule has 35 heavy (non-hydrogen) atoms. The van der Waals surface area contributed by atoms with Crippen LogP contribution in [0.5, 0.6) is 0 Å². The van der Waals surface area contributed by atoms with Crippen molar-refractivity contribution in [3.8, 4) is 0 Å². The van der Waals surface area contributed by atoms with E-state index < -0.39 is 0 Å². The van der Waals surface area contributed by atoms with Crippen LogP contribution >= 0.6 is 0 Å². The van der Waals surface area contributed by atoms with Crippen LogP contribution in [-0.2, 0) is 11.3 Å². The number of hydrogen-bond acceptors (Lipinski definition) is 5. The molecule has 2 aliphatic rings. The molecule has 4 rings (SSSR count). The van der Waals surface area contributed by atoms with Crippen molar-refractivity contribution in [1.82, 2.24) is 15.5 Å². The second-order valence-electron chi connectivity index (χ2n) is 9.40. The van der Waals surface area contributed by atoms with Crippen molar-refractivity contribution in [2.75, 3.05) is 62.7 Å². The quantitative estimate of drug-likeness (QED) is 0.541. The summed E-state index contributed by atoms with van der Waals surface area (Å²) < 4.78 is 5.40. The van der Waals surface area contributed by atoms with Crippen LogP contribution in [0.3, 0.4) is 0 Å². The van der Waals surface area contributed by atoms with Gasteiger partial charge in [-0.05, 0) is 42.5 Å². The largest absolute Gasteiger partial charge is 0.379 e. The molecule has 0 bridgehead atoms. The minimum atomic E-state index is -0.299. The molecule has 0 aliphatic carbocycles. The number of nitrogens with zero attached hydrogens (tertiary/aromatic N) is 2. The minimum Gasteiger partial charge on any atom is -0.379 e. The summed E-state index contributed by atoms with van der Waals surface area (Å²) in [5, 5.41) is 8.84. The van der Waals surface area contributed by atoms with Gasteiger partial charge in [0.25, 0.3) is 5.91 Å². The summed E-state index contributed by atoms with van der Waals surface area (Å²) in [5.74, 6) is 0.589. The highest BCUT2D eigenvalue weighted by Crippen LogP contribution is 2.28. The first kappa shape index (κ1) is 25.0. The van der Waals surface area contributed by atoms with E-state index in [0.717, 1.165) is 70.0 Å². The number of nitrogens with one attached hydrogen (secondary N) is 3. The zero-order valence-electron chi connectivity index (χ0n) is 20.6. The number of carbonyl (C=O) groups excluding carboxylic acids is 2. The number of rotatable bonds is 8. The van der Waals surface area contributed by atoms with E-state index in [2.05, 4.69) is 32.7 Å². The normalized spacial score (nSPS) is 17.1. The van der Waals surface area contributed by atoms with E-state index in [1.807, 2.05) is 42.5 Å². The zero-order chi connectivity index (χ0) is 24.5. The van der Waals surface area contributed by atoms with E-state index in [9.17, 15) is 9.59 Å². The molecule has 8 heteroatoms. The number of benzene rings is 2. The van der Waals surface area contributed by atoms with Gasteiger partial charge in [-0.3, -0.25) is 9.69 Å². The van der Waals surface area contributed by atoms with Gasteiger partial charge in [-0.2, -0.15) is 0 Å². The molecule has 0 saturated carbocycles. The maximum Gasteiger partial charge on any atom is 0.319 e. The Bertz CT molecular complexity index is 970. The van der Waals surface area contributed by atoms with Gasteiger partial charge in [-0.1, -0.05) is 37.3 Å². The van der Waals surface area contributed by atoms with Crippen LogP contribution in [0.2, 0.25) is 0 Å². The number of morpholine rings is 1. The fourth-order valence-electron chi connectivity index (χ4n) is 4.52. The lowest BCUT2D eigenvalue weighted by Crippen LogP contribution is -2.41. The average Bonchev–Trinajstić information content (AvgIpc) is 2.89. The Balaban J connectivity index is 1.41. The number of anilines is 2. The Labute approximate surface area is 208 Å². The van der Waals surface area contributed by atoms with E-state index in [1.54, 1.807) is 6.07 Å². The maximum atomic E-state index is 13.3. The monoisotopic (exact) mass is 479 g/mol. The Morgan fingerprint density at radius 1 is 0.971 bits per heavy atom. The molecule has 0 aromatic heterocycles. The second kappa shape index (κ2) is 12.6. The lowest BCUT2D eigenvalue weighted by Gasteiger charge is -2.33. The van der Waals surface area contributed by atoms with E-state index >= 15 is 0 Å². The lowest BCUT2D eigenvalue weighted by atomic mass is 9.98. The van der Waals surface area contributed by atoms with Crippen LogP contribution in [0, 0.1) is 5.92 Å². The summed E-state index contributed by atoms with van der Waals surface area (Å²) in [6.07, 6.45) is 2.22. The molecule has 2 aromatic rings. The molecule has 2 heterocycles. The Morgan fingerprint density at radius 3 is 2.46 bits per heavy atom. The highest BCUT2D eigenvalue weighted by Gasteiger charge is 2.22. The molecule has 3 amide bonds. The molecular weight excluding hydrogens is 442 g/mol. The Hall–Kier alpha value is -3.10. The summed E-state index contributed by atoms with van der Waals surface area (Å²) >= 11 is 0. The van der Waals surface area contributed by atoms with Crippen LogP contribution in [0.15, 0.2) is 48.5 Å². The fourth-order valence-corrected chi connectivity index (χ4v) is 4.52. The lowest BCUT2D eigenvalue weighted by molar-refractivity contribution is 0.0383. The van der Waals surface area contributed by atoms with Gasteiger partial charge in [0.1, 0.15) is 0 Å². The van der Waals surface area contributed by atoms with E-state index in [4.69, 9.17) is 4.74 Å². The molecule has 2 aliphatic heterocycles. The van der Waals surface area contributed by atoms with Crippen LogP contribution in [-0.4, -0.2) is 69.3 Å². The first-order chi connectivity index (χ1) is 17.1. The second-order valence-corrected chi connectivity index (χ2v) is 9.40. The Morgan fingerprint density at radius 2 is 1.71 bits per heavy atom. The third-order valence-corrected chi connectivity index (χ3v) is 6.74. The predicted molar refractivity (Wildman–Crippen MR) is 139 cm³/mol. The molecular formula is C27H37N5O3. The highest BCUT2D eigenvalue weighted by atomic mass is 16.5. The van der Waals surface area contributed by atoms with Crippen molar-refractivity contribution in [1.29, 1.82) is 0 Å². The smallest absolute Gasteiger partial charge is 0.319 e. The summed E-state index contributed by atoms with van der Waals surface area (Å²) in [7, 11) is 0. The third kappa shape index (κ3) is 7.44. The van der Waals surface area contributed by atoms with Gasteiger partial charge in [-0.15, -0.1) is 0 Å². The summed E-state index contributed by atoms with van der Waals surface area (Å²) in [5.41, 5.74) is 3.15. The average molecular weight is 480 g/mol. The highest BCUT2D eigenvalue weighted by molar-refractivity contribution is 6.02. The van der Waals surface area contributed by atoms with Crippen molar-refractivity contribution >= 4 is 23.3 Å². The van der Waals surface area contributed by atoms with Crippen molar-refractivity contribution in [2.45, 2.75) is 26.3 Å². The van der Waals surface area contributed by atoms with Gasteiger partial charge < -0.3 is 25.6 Å². The summed E-state index contributed by atoms with van der Waals surface area (Å²) in [6, 6.07) is 15.1. The van der Waals surface area contributed by atoms with Gasteiger partial charge in [0.05, 0.1) is 18.8 Å². The Kier molecular flexibility index (Phi) is 8.97. The van der Waals surface area contributed by atoms with Gasteiger partial charge in [-0.25, -0.2) is 4.79 Å². The molecule has 2 fully saturated rings. The molecule has 0 atom stereocenters. The predicted octanol–water partition coefficient (Wildman–Crippen LogP) is 3.31. The standard InChI is InChI=1S/C27H37N5O3/c1-21-9-12-32(13-10-21)25-8-7-23(30-27(34)29-20-22-5-3-2-4-6-22)19-24(25)26(33)28-11-14-31-15-17-35-18-16-31/h2-8,19,21H,9-18,20H2,1H3,(H,28,33)(H2,29,30,34). The first-order valence-electron chi connectivity index (χ1n) is 12.6. The van der Waals surface area contributed by atoms with Crippen molar-refractivity contribution < 1.29 is 14.3 Å². The SMILES string of the molecule is CC1CCN(c2ccc(NC(=O)NCc3ccccc3)cc2C(=O)NCCN2CCOCC2)CC1. The number of urea groups is 1. The topological polar surface area (TPSA) is 85.9 Å². The van der Waals surface area contributed by atoms with Crippen molar-refractivity contribution in [3.63, 3.8) is 0 Å². The zero-order valence-corrected chi connectivity index (χ0v) is 20.6. The molecule has 8 nitrogen and oxygen atoms in total. The molecule has 188 valence electrons. The van der Waals surface area contributed by atoms with Crippen LogP contribution < -0.4 is 20.9 Å². The molecule has 0 unspecified atom stereocenters. The van der Waals surface area contributed by atoms with E-state index in [0.29, 0.717) is 30.3 Å². The molecule has 0 spiro atoms. The molecule has 3 N–H and O–H groups in total. The molecule has 2 saturated heterocycles. The van der Waals surface area contributed by atoms with Crippen molar-refractivity contribution in [3.05, 3.63) is 59.7 Å². The molecule has 2 aromatic carbocycles. The number of carbonyl (C=O) groups is 2. The summed E-state index contributed by atoms with van der Waals surface area (Å²) in [6.45, 7) is 9.21. The number of piperidine rings is 1. The van der Waals surface area contributed by atoms with Gasteiger partial charge in [0.15, 0.2) is 0 Å². The van der Waals surface area contributed by atoms with Crippen molar-refractivity contribution in [2.24, 2.45) is 5.92 Å². The van der Waals surface area contributed by atoms with Crippen LogP contribution in [0.25, 0.3) is 0 Å². The molecule has 0 radical (unpaired) electrons. The third-order valence-electron chi connectivity index (χ3n) is 6.74.